The summed E-state index contributed by atoms with van der Waals surface area (Å²) in [4.78, 5) is 13.4. The number of rotatable bonds is 20. The highest BCUT2D eigenvalue weighted by Crippen LogP contribution is 2.36. The van der Waals surface area contributed by atoms with Gasteiger partial charge in [0.2, 0.25) is 0 Å². The Morgan fingerprint density at radius 2 is 0.872 bits per heavy atom. The molecule has 3 aromatic carbocycles. The van der Waals surface area contributed by atoms with Gasteiger partial charge in [-0.1, -0.05) is 78.1 Å². The Balaban J connectivity index is 1.63. The molecule has 0 heterocycles. The van der Waals surface area contributed by atoms with Crippen LogP contribution in [0.3, 0.4) is 0 Å². The third-order valence-electron chi connectivity index (χ3n) is 7.01. The van der Waals surface area contributed by atoms with E-state index in [2.05, 4.69) is 43.0 Å². The highest BCUT2D eigenvalue weighted by atomic mass is 16.5. The summed E-state index contributed by atoms with van der Waals surface area (Å²) in [5.74, 6) is 1.78. The van der Waals surface area contributed by atoms with E-state index in [1.54, 1.807) is 0 Å². The van der Waals surface area contributed by atoms with Crippen molar-refractivity contribution in [3.63, 3.8) is 0 Å². The minimum absolute atomic E-state index is 0.663. The van der Waals surface area contributed by atoms with Gasteiger partial charge in [-0.05, 0) is 85.6 Å². The second-order valence-corrected chi connectivity index (χ2v) is 10.3. The van der Waals surface area contributed by atoms with Crippen molar-refractivity contribution in [1.29, 1.82) is 0 Å². The van der Waals surface area contributed by atoms with Gasteiger partial charge >= 0.3 is 0 Å². The average molecular weight is 530 g/mol. The summed E-state index contributed by atoms with van der Waals surface area (Å²) >= 11 is 0. The van der Waals surface area contributed by atoms with Crippen LogP contribution in [0.2, 0.25) is 0 Å². The summed E-state index contributed by atoms with van der Waals surface area (Å²) in [7, 11) is 0. The van der Waals surface area contributed by atoms with Gasteiger partial charge in [0, 0.05) is 22.6 Å². The molecule has 0 fully saturated rings. The summed E-state index contributed by atoms with van der Waals surface area (Å²) in [5.41, 5.74) is 3.71. The molecule has 0 amide bonds. The topological polar surface area (TPSA) is 38.8 Å². The van der Waals surface area contributed by atoms with Crippen molar-refractivity contribution in [3.05, 3.63) is 78.4 Å². The van der Waals surface area contributed by atoms with Crippen LogP contribution in [0.15, 0.2) is 72.8 Å². The molecule has 0 spiro atoms. The maximum atomic E-state index is 11.2. The molecule has 39 heavy (non-hydrogen) atoms. The molecule has 0 bridgehead atoms. The van der Waals surface area contributed by atoms with E-state index in [1.807, 2.05) is 48.5 Å². The lowest BCUT2D eigenvalue weighted by atomic mass is 10.1. The van der Waals surface area contributed by atoms with Crippen LogP contribution >= 0.6 is 0 Å². The van der Waals surface area contributed by atoms with E-state index in [1.165, 1.54) is 64.2 Å². The van der Waals surface area contributed by atoms with Crippen LogP contribution in [-0.4, -0.2) is 19.5 Å². The fraction of sp³-hybridized carbons (Fsp3) is 0.457. The Morgan fingerprint density at radius 3 is 1.26 bits per heavy atom. The maximum Gasteiger partial charge on any atom is 0.150 e. The molecule has 4 nitrogen and oxygen atoms in total. The fourth-order valence-corrected chi connectivity index (χ4v) is 4.68. The molecule has 0 unspecified atom stereocenters. The largest absolute Gasteiger partial charge is 0.494 e. The van der Waals surface area contributed by atoms with Crippen LogP contribution in [0.25, 0.3) is 0 Å². The zero-order valence-electron chi connectivity index (χ0n) is 24.1. The molecule has 0 aromatic heterocycles. The summed E-state index contributed by atoms with van der Waals surface area (Å²) in [6.07, 6.45) is 15.9. The number of anilines is 3. The number of ether oxygens (including phenoxy) is 2. The molecule has 0 saturated heterocycles. The SMILES string of the molecule is CCCCCCCCOc1ccc(N(c2ccc(C=O)cc2)c2ccc(OCCCCCCCC)cc2)cc1. The van der Waals surface area contributed by atoms with Gasteiger partial charge in [0.15, 0.2) is 0 Å². The van der Waals surface area contributed by atoms with Crippen LogP contribution in [-0.2, 0) is 0 Å². The lowest BCUT2D eigenvalue weighted by Gasteiger charge is -2.26. The number of carbonyl (C=O) groups excluding carboxylic acids is 1. The van der Waals surface area contributed by atoms with Gasteiger partial charge in [0.1, 0.15) is 17.8 Å². The molecule has 0 N–H and O–H groups in total. The molecule has 0 saturated carbocycles. The first-order valence-electron chi connectivity index (χ1n) is 15.1. The van der Waals surface area contributed by atoms with E-state index in [-0.39, 0.29) is 0 Å². The Labute approximate surface area is 236 Å². The molecular formula is C35H47NO3. The van der Waals surface area contributed by atoms with Gasteiger partial charge in [-0.15, -0.1) is 0 Å². The number of benzene rings is 3. The fourth-order valence-electron chi connectivity index (χ4n) is 4.68. The van der Waals surface area contributed by atoms with Crippen molar-refractivity contribution >= 4 is 23.3 Å². The van der Waals surface area contributed by atoms with Crippen molar-refractivity contribution in [2.75, 3.05) is 18.1 Å². The third kappa shape index (κ3) is 10.8. The van der Waals surface area contributed by atoms with E-state index in [4.69, 9.17) is 9.47 Å². The molecule has 0 radical (unpaired) electrons. The van der Waals surface area contributed by atoms with Crippen molar-refractivity contribution in [2.24, 2.45) is 0 Å². The standard InChI is InChI=1S/C35H47NO3/c1-3-5-7-9-11-13-27-38-34-23-19-32(20-24-34)36(31-17-15-30(29-37)16-18-31)33-21-25-35(26-22-33)39-28-14-12-10-8-6-4-2/h15-26,29H,3-14,27-28H2,1-2H3. The second kappa shape index (κ2) is 18.1. The van der Waals surface area contributed by atoms with Crippen molar-refractivity contribution in [2.45, 2.75) is 90.9 Å². The zero-order valence-corrected chi connectivity index (χ0v) is 24.1. The van der Waals surface area contributed by atoms with E-state index in [0.717, 1.165) is 60.9 Å². The number of aldehydes is 1. The monoisotopic (exact) mass is 529 g/mol. The van der Waals surface area contributed by atoms with Crippen LogP contribution < -0.4 is 14.4 Å². The summed E-state index contributed by atoms with van der Waals surface area (Å²) in [6, 6.07) is 24.2. The van der Waals surface area contributed by atoms with Gasteiger partial charge in [0.05, 0.1) is 13.2 Å². The number of hydrogen-bond donors (Lipinski definition) is 0. The lowest BCUT2D eigenvalue weighted by molar-refractivity contribution is 0.112. The van der Waals surface area contributed by atoms with Gasteiger partial charge in [-0.25, -0.2) is 0 Å². The van der Waals surface area contributed by atoms with E-state index in [9.17, 15) is 4.79 Å². The Kier molecular flexibility index (Phi) is 14.0. The Bertz CT molecular complexity index is 983. The molecule has 4 heteroatoms. The summed E-state index contributed by atoms with van der Waals surface area (Å²) in [6.45, 7) is 6.00. The van der Waals surface area contributed by atoms with Crippen molar-refractivity contribution in [1.82, 2.24) is 0 Å². The van der Waals surface area contributed by atoms with Gasteiger partial charge in [0.25, 0.3) is 0 Å². The first kappa shape index (κ1) is 30.3. The molecule has 0 aliphatic heterocycles. The highest BCUT2D eigenvalue weighted by molar-refractivity contribution is 5.80. The number of nitrogens with zero attached hydrogens (tertiary/aromatic N) is 1. The maximum absolute atomic E-state index is 11.2. The lowest BCUT2D eigenvalue weighted by Crippen LogP contribution is -2.10. The average Bonchev–Trinajstić information content (AvgIpc) is 2.98. The predicted octanol–water partition coefficient (Wildman–Crippen LogP) is 10.4. The van der Waals surface area contributed by atoms with Crippen LogP contribution in [0.5, 0.6) is 11.5 Å². The number of unbranched alkanes of at least 4 members (excludes halogenated alkanes) is 10. The molecule has 3 aromatic rings. The van der Waals surface area contributed by atoms with Gasteiger partial charge in [-0.2, -0.15) is 0 Å². The number of hydrogen-bond acceptors (Lipinski definition) is 4. The minimum atomic E-state index is 0.663. The van der Waals surface area contributed by atoms with Gasteiger partial charge in [-0.3, -0.25) is 4.79 Å². The second-order valence-electron chi connectivity index (χ2n) is 10.3. The number of carbonyl (C=O) groups is 1. The zero-order chi connectivity index (χ0) is 27.5. The Morgan fingerprint density at radius 1 is 0.513 bits per heavy atom. The highest BCUT2D eigenvalue weighted by Gasteiger charge is 2.13. The van der Waals surface area contributed by atoms with Crippen LogP contribution in [0, 0.1) is 0 Å². The quantitative estimate of drug-likeness (QED) is 0.108. The van der Waals surface area contributed by atoms with E-state index < -0.39 is 0 Å². The molecule has 210 valence electrons. The molecule has 0 aliphatic carbocycles. The third-order valence-corrected chi connectivity index (χ3v) is 7.01. The van der Waals surface area contributed by atoms with Gasteiger partial charge < -0.3 is 14.4 Å². The van der Waals surface area contributed by atoms with Crippen molar-refractivity contribution < 1.29 is 14.3 Å². The molecule has 0 aliphatic rings. The first-order chi connectivity index (χ1) is 19.2. The summed E-state index contributed by atoms with van der Waals surface area (Å²) < 4.78 is 12.0. The predicted molar refractivity (Wildman–Crippen MR) is 164 cm³/mol. The Hall–Kier alpha value is -3.27. The first-order valence-corrected chi connectivity index (χ1v) is 15.1. The summed E-state index contributed by atoms with van der Waals surface area (Å²) in [5, 5.41) is 0. The van der Waals surface area contributed by atoms with E-state index >= 15 is 0 Å². The molecular weight excluding hydrogens is 482 g/mol. The molecule has 0 atom stereocenters. The smallest absolute Gasteiger partial charge is 0.150 e. The normalized spacial score (nSPS) is 10.8. The van der Waals surface area contributed by atoms with Crippen LogP contribution in [0.4, 0.5) is 17.1 Å². The minimum Gasteiger partial charge on any atom is -0.494 e. The van der Waals surface area contributed by atoms with Crippen LogP contribution in [0.1, 0.15) is 101 Å². The van der Waals surface area contributed by atoms with Crippen molar-refractivity contribution in [3.8, 4) is 11.5 Å². The molecule has 3 rings (SSSR count). The van der Waals surface area contributed by atoms with E-state index in [0.29, 0.717) is 5.56 Å².